The van der Waals surface area contributed by atoms with Crippen molar-refractivity contribution >= 4 is 70.6 Å². The number of imidazole rings is 1. The Hall–Kier alpha value is -3.04. The summed E-state index contributed by atoms with van der Waals surface area (Å²) in [6.45, 7) is 0. The SMILES string of the molecule is [B]c1c([B])c([B])c(Cc2nc(C(=N)N=C(N)C(F)(F)F)cn3ccnc23)c(F)c1[B]. The highest BCUT2D eigenvalue weighted by molar-refractivity contribution is 6.62. The zero-order valence-corrected chi connectivity index (χ0v) is 15.1. The summed E-state index contributed by atoms with van der Waals surface area (Å²) in [5.74, 6) is -3.48. The average molecular weight is 404 g/mol. The predicted molar refractivity (Wildman–Crippen MR) is 108 cm³/mol. The Bertz CT molecular complexity index is 1180. The van der Waals surface area contributed by atoms with Gasteiger partial charge in [-0.25, -0.2) is 19.4 Å². The fourth-order valence-electron chi connectivity index (χ4n) is 2.66. The van der Waals surface area contributed by atoms with E-state index in [1.54, 1.807) is 0 Å². The van der Waals surface area contributed by atoms with Gasteiger partial charge in [0.2, 0.25) is 5.84 Å². The minimum Gasteiger partial charge on any atom is -0.380 e. The number of benzene rings is 1. The summed E-state index contributed by atoms with van der Waals surface area (Å²) in [6, 6.07) is 0. The molecule has 6 nitrogen and oxygen atoms in total. The lowest BCUT2D eigenvalue weighted by Gasteiger charge is -2.18. The largest absolute Gasteiger partial charge is 0.449 e. The molecule has 3 N–H and O–H groups in total. The number of halogens is 4. The van der Waals surface area contributed by atoms with Crippen LogP contribution in [0, 0.1) is 11.2 Å². The first kappa shape index (κ1) is 21.7. The smallest absolute Gasteiger partial charge is 0.380 e. The van der Waals surface area contributed by atoms with E-state index in [-0.39, 0.29) is 45.4 Å². The molecule has 3 rings (SSSR count). The van der Waals surface area contributed by atoms with Gasteiger partial charge in [-0.3, -0.25) is 5.41 Å². The van der Waals surface area contributed by atoms with Crippen LogP contribution in [0.1, 0.15) is 17.0 Å². The van der Waals surface area contributed by atoms with Crippen molar-refractivity contribution in [2.45, 2.75) is 12.6 Å². The van der Waals surface area contributed by atoms with Crippen LogP contribution < -0.4 is 27.6 Å². The number of fused-ring (bicyclic) bond motifs is 1. The maximum atomic E-state index is 14.7. The number of hydrogen-bond donors (Lipinski definition) is 2. The highest BCUT2D eigenvalue weighted by Crippen LogP contribution is 2.17. The number of aromatic nitrogens is 3. The fourth-order valence-corrected chi connectivity index (χ4v) is 2.66. The predicted octanol–water partition coefficient (Wildman–Crippen LogP) is -2.12. The van der Waals surface area contributed by atoms with Crippen molar-refractivity contribution in [3.8, 4) is 0 Å². The molecule has 0 aliphatic rings. The van der Waals surface area contributed by atoms with E-state index in [4.69, 9.17) is 42.5 Å². The molecule has 2 aromatic heterocycles. The van der Waals surface area contributed by atoms with Crippen LogP contribution in [-0.4, -0.2) is 63.6 Å². The first-order chi connectivity index (χ1) is 13.9. The van der Waals surface area contributed by atoms with Gasteiger partial charge in [0.1, 0.15) is 42.9 Å². The van der Waals surface area contributed by atoms with Crippen LogP contribution in [0.3, 0.4) is 0 Å². The highest BCUT2D eigenvalue weighted by Gasteiger charge is 2.34. The molecule has 1 aromatic carbocycles. The zero-order valence-electron chi connectivity index (χ0n) is 15.1. The van der Waals surface area contributed by atoms with E-state index >= 15 is 0 Å². The zero-order chi connectivity index (χ0) is 22.4. The van der Waals surface area contributed by atoms with E-state index in [2.05, 4.69) is 15.0 Å². The third-order valence-corrected chi connectivity index (χ3v) is 4.25. The first-order valence-electron chi connectivity index (χ1n) is 8.14. The molecule has 0 saturated heterocycles. The molecule has 0 fully saturated rings. The molecule has 8 radical (unpaired) electrons. The van der Waals surface area contributed by atoms with Gasteiger partial charge in [0.15, 0.2) is 11.5 Å². The number of alkyl halides is 3. The highest BCUT2D eigenvalue weighted by atomic mass is 19.4. The number of nitrogens with zero attached hydrogens (tertiary/aromatic N) is 4. The lowest BCUT2D eigenvalue weighted by molar-refractivity contribution is -0.0597. The Morgan fingerprint density at radius 1 is 1.13 bits per heavy atom. The van der Waals surface area contributed by atoms with Crippen LogP contribution in [-0.2, 0) is 6.42 Å². The summed E-state index contributed by atoms with van der Waals surface area (Å²) in [7, 11) is 22.9. The Morgan fingerprint density at radius 2 is 1.77 bits per heavy atom. The van der Waals surface area contributed by atoms with Gasteiger partial charge in [-0.05, 0) is 5.56 Å². The van der Waals surface area contributed by atoms with Crippen LogP contribution >= 0.6 is 0 Å². The molecule has 14 heteroatoms. The number of aliphatic imine (C=N–C) groups is 1. The number of rotatable bonds is 3. The van der Waals surface area contributed by atoms with Gasteiger partial charge in [-0.15, -0.1) is 10.9 Å². The van der Waals surface area contributed by atoms with Crippen molar-refractivity contribution < 1.29 is 17.6 Å². The summed E-state index contributed by atoms with van der Waals surface area (Å²) in [6.07, 6.45) is -1.13. The van der Waals surface area contributed by atoms with Crippen molar-refractivity contribution in [1.29, 1.82) is 5.41 Å². The van der Waals surface area contributed by atoms with Gasteiger partial charge in [0.05, 0.1) is 5.69 Å². The van der Waals surface area contributed by atoms with Crippen molar-refractivity contribution in [3.63, 3.8) is 0 Å². The molecule has 0 amide bonds. The monoisotopic (exact) mass is 404 g/mol. The second-order valence-corrected chi connectivity index (χ2v) is 6.20. The summed E-state index contributed by atoms with van der Waals surface area (Å²) >= 11 is 0. The lowest BCUT2D eigenvalue weighted by atomic mass is 9.64. The summed E-state index contributed by atoms with van der Waals surface area (Å²) < 4.78 is 53.9. The maximum Gasteiger partial charge on any atom is 0.449 e. The third kappa shape index (κ3) is 3.86. The normalized spacial score (nSPS) is 12.5. The van der Waals surface area contributed by atoms with Crippen molar-refractivity contribution in [2.75, 3.05) is 0 Å². The van der Waals surface area contributed by atoms with Crippen LogP contribution in [0.15, 0.2) is 23.6 Å². The van der Waals surface area contributed by atoms with Gasteiger partial charge in [0.25, 0.3) is 0 Å². The molecular weight excluding hydrogens is 395 g/mol. The van der Waals surface area contributed by atoms with Crippen molar-refractivity contribution in [2.24, 2.45) is 10.7 Å². The number of amidine groups is 2. The molecule has 0 bridgehead atoms. The third-order valence-electron chi connectivity index (χ3n) is 4.25. The minimum absolute atomic E-state index is 0.0807. The number of nitrogens with one attached hydrogen (secondary N) is 1. The van der Waals surface area contributed by atoms with Crippen molar-refractivity contribution in [1.82, 2.24) is 14.4 Å². The molecule has 0 saturated carbocycles. The molecule has 0 aliphatic carbocycles. The Morgan fingerprint density at radius 3 is 2.40 bits per heavy atom. The van der Waals surface area contributed by atoms with Gasteiger partial charge in [0, 0.05) is 25.0 Å². The van der Waals surface area contributed by atoms with Crippen LogP contribution in [0.2, 0.25) is 0 Å². The van der Waals surface area contributed by atoms with E-state index in [9.17, 15) is 17.6 Å². The minimum atomic E-state index is -4.91. The first-order valence-corrected chi connectivity index (χ1v) is 8.14. The van der Waals surface area contributed by atoms with Crippen LogP contribution in [0.25, 0.3) is 5.65 Å². The fraction of sp³-hybridized carbons (Fsp3) is 0.125. The molecule has 142 valence electrons. The standard InChI is InChI=1S/C16H8B4F4N6/c17-8-5(12(21)11(20)10(19)9(8)18)3-6-14-27-1-2-30(14)4-7(28-6)13(25)29-15(26)16(22,23)24/h1-2,4H,3H2,(H3,25,26,29). The second kappa shape index (κ2) is 7.66. The maximum absolute atomic E-state index is 14.7. The van der Waals surface area contributed by atoms with Crippen LogP contribution in [0.4, 0.5) is 17.6 Å². The lowest BCUT2D eigenvalue weighted by Crippen LogP contribution is -2.50. The Kier molecular flexibility index (Phi) is 5.53. The van der Waals surface area contributed by atoms with Gasteiger partial charge >= 0.3 is 6.18 Å². The quantitative estimate of drug-likeness (QED) is 0.227. The molecule has 0 unspecified atom stereocenters. The molecular formula is C16H8B4F4N6. The Balaban J connectivity index is 2.13. The van der Waals surface area contributed by atoms with E-state index in [0.717, 1.165) is 0 Å². The van der Waals surface area contributed by atoms with Crippen molar-refractivity contribution in [3.05, 3.63) is 41.4 Å². The van der Waals surface area contributed by atoms with Gasteiger partial charge < -0.3 is 10.1 Å². The van der Waals surface area contributed by atoms with E-state index in [1.165, 1.54) is 23.0 Å². The molecule has 3 aromatic rings. The van der Waals surface area contributed by atoms with E-state index in [1.807, 2.05) is 0 Å². The molecule has 2 heterocycles. The number of hydrogen-bond acceptors (Lipinski definition) is 3. The molecule has 0 aliphatic heterocycles. The van der Waals surface area contributed by atoms with Gasteiger partial charge in [-0.1, -0.05) is 10.9 Å². The summed E-state index contributed by atoms with van der Waals surface area (Å²) in [5.41, 5.74) is 3.91. The summed E-state index contributed by atoms with van der Waals surface area (Å²) in [4.78, 5) is 11.2. The van der Waals surface area contributed by atoms with Gasteiger partial charge in [-0.2, -0.15) is 13.2 Å². The molecule has 0 atom stereocenters. The molecule has 30 heavy (non-hydrogen) atoms. The number of nitrogens with two attached hydrogens (primary N) is 1. The average Bonchev–Trinajstić information content (AvgIpc) is 3.16. The van der Waals surface area contributed by atoms with Crippen LogP contribution in [0.5, 0.6) is 0 Å². The topological polar surface area (TPSA) is 92.4 Å². The van der Waals surface area contributed by atoms with E-state index < -0.39 is 29.1 Å². The molecule has 0 spiro atoms. The van der Waals surface area contributed by atoms with E-state index in [0.29, 0.717) is 0 Å². The summed E-state index contributed by atoms with van der Waals surface area (Å²) in [5, 5.41) is 7.81. The second-order valence-electron chi connectivity index (χ2n) is 6.20. The Labute approximate surface area is 173 Å².